The number of hydrogen-bond donors (Lipinski definition) is 0. The molecule has 0 amide bonds. The van der Waals surface area contributed by atoms with Crippen LogP contribution in [0.5, 0.6) is 5.75 Å². The first-order valence-electron chi connectivity index (χ1n) is 4.00. The van der Waals surface area contributed by atoms with E-state index < -0.39 is 0 Å². The summed E-state index contributed by atoms with van der Waals surface area (Å²) in [5, 5.41) is 0. The van der Waals surface area contributed by atoms with Crippen LogP contribution in [0.3, 0.4) is 0 Å². The molecule has 2 heteroatoms. The maximum absolute atomic E-state index is 5.53. The third-order valence-corrected chi connectivity index (χ3v) is 1.89. The molecule has 0 aliphatic heterocycles. The van der Waals surface area contributed by atoms with Crippen LogP contribution in [0.1, 0.15) is 11.1 Å². The van der Waals surface area contributed by atoms with Gasteiger partial charge in [-0.1, -0.05) is 18.2 Å². The van der Waals surface area contributed by atoms with Crippen molar-refractivity contribution in [2.75, 3.05) is 12.5 Å². The van der Waals surface area contributed by atoms with E-state index in [9.17, 15) is 0 Å². The van der Waals surface area contributed by atoms with E-state index >= 15 is 0 Å². The van der Waals surface area contributed by atoms with Crippen LogP contribution >= 0.6 is 11.6 Å². The number of halogens is 1. The van der Waals surface area contributed by atoms with Crippen molar-refractivity contribution in [2.24, 2.45) is 0 Å². The highest BCUT2D eigenvalue weighted by molar-refractivity contribution is 6.18. The first-order valence-corrected chi connectivity index (χ1v) is 4.54. The second-order valence-electron chi connectivity index (χ2n) is 2.76. The van der Waals surface area contributed by atoms with Crippen molar-refractivity contribution in [1.29, 1.82) is 0 Å². The lowest BCUT2D eigenvalue weighted by Crippen LogP contribution is -2.01. The zero-order valence-corrected chi connectivity index (χ0v) is 8.19. The van der Waals surface area contributed by atoms with Gasteiger partial charge in [0, 0.05) is 0 Å². The first kappa shape index (κ1) is 9.40. The van der Waals surface area contributed by atoms with Gasteiger partial charge >= 0.3 is 0 Å². The molecule has 1 rings (SSSR count). The van der Waals surface area contributed by atoms with Crippen LogP contribution in [-0.2, 0) is 0 Å². The maximum Gasteiger partial charge on any atom is 0.125 e. The SMILES string of the molecule is Cc1cccc(C)c1OCCCl. The summed E-state index contributed by atoms with van der Waals surface area (Å²) in [4.78, 5) is 0. The monoisotopic (exact) mass is 184 g/mol. The minimum Gasteiger partial charge on any atom is -0.492 e. The lowest BCUT2D eigenvalue weighted by Gasteiger charge is -2.09. The molecule has 0 heterocycles. The Bertz CT molecular complexity index is 238. The Labute approximate surface area is 78.3 Å². The van der Waals surface area contributed by atoms with Crippen LogP contribution in [-0.4, -0.2) is 12.5 Å². The summed E-state index contributed by atoms with van der Waals surface area (Å²) < 4.78 is 5.48. The van der Waals surface area contributed by atoms with Gasteiger partial charge in [0.05, 0.1) is 5.88 Å². The van der Waals surface area contributed by atoms with Gasteiger partial charge in [-0.2, -0.15) is 0 Å². The van der Waals surface area contributed by atoms with Gasteiger partial charge in [-0.3, -0.25) is 0 Å². The lowest BCUT2D eigenvalue weighted by atomic mass is 10.1. The molecule has 0 aliphatic carbocycles. The number of ether oxygens (including phenoxy) is 1. The van der Waals surface area contributed by atoms with Crippen molar-refractivity contribution in [1.82, 2.24) is 0 Å². The second kappa shape index (κ2) is 4.36. The van der Waals surface area contributed by atoms with Gasteiger partial charge in [0.1, 0.15) is 12.4 Å². The van der Waals surface area contributed by atoms with E-state index in [2.05, 4.69) is 0 Å². The number of rotatable bonds is 3. The van der Waals surface area contributed by atoms with Gasteiger partial charge in [-0.15, -0.1) is 11.6 Å². The molecule has 0 saturated carbocycles. The summed E-state index contributed by atoms with van der Waals surface area (Å²) in [5.74, 6) is 1.51. The van der Waals surface area contributed by atoms with Gasteiger partial charge in [0.15, 0.2) is 0 Å². The van der Waals surface area contributed by atoms with E-state index in [4.69, 9.17) is 16.3 Å². The zero-order valence-electron chi connectivity index (χ0n) is 7.43. The molecular formula is C10H13ClO. The summed E-state index contributed by atoms with van der Waals surface area (Å²) in [6, 6.07) is 6.10. The second-order valence-corrected chi connectivity index (χ2v) is 3.14. The largest absolute Gasteiger partial charge is 0.492 e. The van der Waals surface area contributed by atoms with E-state index in [0.29, 0.717) is 12.5 Å². The van der Waals surface area contributed by atoms with Crippen molar-refractivity contribution in [3.63, 3.8) is 0 Å². The van der Waals surface area contributed by atoms with Gasteiger partial charge in [0.25, 0.3) is 0 Å². The normalized spacial score (nSPS) is 9.92. The Morgan fingerprint density at radius 3 is 2.33 bits per heavy atom. The highest BCUT2D eigenvalue weighted by Gasteiger charge is 2.01. The molecule has 0 fully saturated rings. The minimum atomic E-state index is 0.535. The fourth-order valence-corrected chi connectivity index (χ4v) is 1.24. The smallest absolute Gasteiger partial charge is 0.125 e. The highest BCUT2D eigenvalue weighted by Crippen LogP contribution is 2.21. The Hall–Kier alpha value is -0.690. The first-order chi connectivity index (χ1) is 5.75. The quantitative estimate of drug-likeness (QED) is 0.657. The molecule has 0 radical (unpaired) electrons. The van der Waals surface area contributed by atoms with Crippen molar-refractivity contribution in [2.45, 2.75) is 13.8 Å². The molecule has 0 N–H and O–H groups in total. The molecular weight excluding hydrogens is 172 g/mol. The van der Waals surface area contributed by atoms with Gasteiger partial charge < -0.3 is 4.74 Å². The van der Waals surface area contributed by atoms with Crippen LogP contribution < -0.4 is 4.74 Å². The molecule has 1 aromatic rings. The minimum absolute atomic E-state index is 0.535. The molecule has 0 bridgehead atoms. The summed E-state index contributed by atoms with van der Waals surface area (Å²) in [6.45, 7) is 4.65. The van der Waals surface area contributed by atoms with Crippen molar-refractivity contribution < 1.29 is 4.74 Å². The Morgan fingerprint density at radius 1 is 1.25 bits per heavy atom. The number of hydrogen-bond acceptors (Lipinski definition) is 1. The number of benzene rings is 1. The standard InChI is InChI=1S/C10H13ClO/c1-8-4-3-5-9(2)10(8)12-7-6-11/h3-5H,6-7H2,1-2H3. The molecule has 0 saturated heterocycles. The molecule has 1 aromatic carbocycles. The molecule has 0 atom stereocenters. The third kappa shape index (κ3) is 2.15. The predicted molar refractivity (Wildman–Crippen MR) is 52.1 cm³/mol. The maximum atomic E-state index is 5.53. The van der Waals surface area contributed by atoms with E-state index in [0.717, 1.165) is 5.75 Å². The summed E-state index contributed by atoms with van der Waals surface area (Å²) in [7, 11) is 0. The molecule has 0 aromatic heterocycles. The number of aryl methyl sites for hydroxylation is 2. The van der Waals surface area contributed by atoms with Crippen LogP contribution in [0, 0.1) is 13.8 Å². The summed E-state index contributed by atoms with van der Waals surface area (Å²) >= 11 is 5.53. The van der Waals surface area contributed by atoms with Crippen molar-refractivity contribution in [3.05, 3.63) is 29.3 Å². The van der Waals surface area contributed by atoms with Gasteiger partial charge in [-0.05, 0) is 25.0 Å². The molecule has 1 nitrogen and oxygen atoms in total. The Balaban J connectivity index is 2.81. The summed E-state index contributed by atoms with van der Waals surface area (Å²) in [5.41, 5.74) is 2.33. The van der Waals surface area contributed by atoms with Crippen LogP contribution in [0.2, 0.25) is 0 Å². The molecule has 66 valence electrons. The molecule has 0 spiro atoms. The highest BCUT2D eigenvalue weighted by atomic mass is 35.5. The van der Waals surface area contributed by atoms with Gasteiger partial charge in [0.2, 0.25) is 0 Å². The predicted octanol–water partition coefficient (Wildman–Crippen LogP) is 2.92. The van der Waals surface area contributed by atoms with Crippen LogP contribution in [0.25, 0.3) is 0 Å². The van der Waals surface area contributed by atoms with E-state index in [1.165, 1.54) is 11.1 Å². The van der Waals surface area contributed by atoms with E-state index in [1.54, 1.807) is 0 Å². The molecule has 0 unspecified atom stereocenters. The topological polar surface area (TPSA) is 9.23 Å². The Kier molecular flexibility index (Phi) is 3.42. The average molecular weight is 185 g/mol. The van der Waals surface area contributed by atoms with Crippen LogP contribution in [0.4, 0.5) is 0 Å². The molecule has 12 heavy (non-hydrogen) atoms. The summed E-state index contributed by atoms with van der Waals surface area (Å²) in [6.07, 6.45) is 0. The zero-order chi connectivity index (χ0) is 8.97. The van der Waals surface area contributed by atoms with E-state index in [1.807, 2.05) is 32.0 Å². The fourth-order valence-electron chi connectivity index (χ4n) is 1.17. The fraction of sp³-hybridized carbons (Fsp3) is 0.400. The Morgan fingerprint density at radius 2 is 1.83 bits per heavy atom. The lowest BCUT2D eigenvalue weighted by molar-refractivity contribution is 0.338. The van der Waals surface area contributed by atoms with Crippen molar-refractivity contribution >= 4 is 11.6 Å². The van der Waals surface area contributed by atoms with Crippen molar-refractivity contribution in [3.8, 4) is 5.75 Å². The number of alkyl halides is 1. The molecule has 0 aliphatic rings. The third-order valence-electron chi connectivity index (χ3n) is 1.73. The van der Waals surface area contributed by atoms with Gasteiger partial charge in [-0.25, -0.2) is 0 Å². The van der Waals surface area contributed by atoms with Crippen LogP contribution in [0.15, 0.2) is 18.2 Å². The number of para-hydroxylation sites is 1. The average Bonchev–Trinajstić information content (AvgIpc) is 2.04. The van der Waals surface area contributed by atoms with E-state index in [-0.39, 0.29) is 0 Å².